The van der Waals surface area contributed by atoms with Gasteiger partial charge in [0.05, 0.1) is 11.6 Å². The number of rotatable bonds is 6. The molecule has 2 aromatic rings. The number of benzene rings is 2. The molecule has 21 heavy (non-hydrogen) atoms. The van der Waals surface area contributed by atoms with Crippen molar-refractivity contribution >= 4 is 0 Å². The first kappa shape index (κ1) is 15.2. The molecule has 0 saturated heterocycles. The lowest BCUT2D eigenvalue weighted by atomic mass is 10.1. The minimum absolute atomic E-state index is 0.708. The van der Waals surface area contributed by atoms with Gasteiger partial charge in [0, 0.05) is 19.6 Å². The second-order valence-corrected chi connectivity index (χ2v) is 5.38. The molecular weight excluding hydrogens is 258 g/mol. The molecule has 108 valence electrons. The van der Waals surface area contributed by atoms with Gasteiger partial charge in [0.2, 0.25) is 0 Å². The molecule has 0 unspecified atom stereocenters. The average Bonchev–Trinajstić information content (AvgIpc) is 2.49. The molecule has 0 aliphatic rings. The van der Waals surface area contributed by atoms with Crippen LogP contribution in [0.15, 0.2) is 48.5 Å². The molecule has 2 rings (SSSR count). The van der Waals surface area contributed by atoms with Crippen LogP contribution < -0.4 is 5.32 Å². The van der Waals surface area contributed by atoms with Crippen LogP contribution >= 0.6 is 0 Å². The number of hydrogen-bond acceptors (Lipinski definition) is 3. The molecule has 3 nitrogen and oxygen atoms in total. The second kappa shape index (κ2) is 7.58. The fraction of sp³-hybridized carbons (Fsp3) is 0.278. The van der Waals surface area contributed by atoms with E-state index in [1.807, 2.05) is 24.3 Å². The Hall–Kier alpha value is -2.15. The summed E-state index contributed by atoms with van der Waals surface area (Å²) in [6.45, 7) is 2.45. The highest BCUT2D eigenvalue weighted by molar-refractivity contribution is 5.37. The van der Waals surface area contributed by atoms with Crippen LogP contribution in [-0.4, -0.2) is 19.0 Å². The number of hydrogen-bond donors (Lipinski definition) is 1. The monoisotopic (exact) mass is 279 g/mol. The summed E-state index contributed by atoms with van der Waals surface area (Å²) in [6, 6.07) is 18.4. The van der Waals surface area contributed by atoms with Gasteiger partial charge < -0.3 is 10.2 Å². The smallest absolute Gasteiger partial charge is 0.0995 e. The van der Waals surface area contributed by atoms with Crippen LogP contribution in [0.5, 0.6) is 0 Å². The van der Waals surface area contributed by atoms with Crippen LogP contribution in [0.2, 0.25) is 0 Å². The van der Waals surface area contributed by atoms with E-state index in [4.69, 9.17) is 5.26 Å². The Morgan fingerprint density at radius 2 is 1.48 bits per heavy atom. The van der Waals surface area contributed by atoms with Gasteiger partial charge in [-0.05, 0) is 36.9 Å². The largest absolute Gasteiger partial charge is 0.309 e. The van der Waals surface area contributed by atoms with Gasteiger partial charge in [-0.25, -0.2) is 0 Å². The molecule has 2 aromatic carbocycles. The first-order chi connectivity index (χ1) is 10.2. The summed E-state index contributed by atoms with van der Waals surface area (Å²) in [7, 11) is 4.15. The third-order valence-electron chi connectivity index (χ3n) is 3.37. The van der Waals surface area contributed by atoms with Gasteiger partial charge in [0.25, 0.3) is 0 Å². The van der Waals surface area contributed by atoms with Crippen molar-refractivity contribution in [3.63, 3.8) is 0 Å². The molecular formula is C18H21N3. The molecule has 0 bridgehead atoms. The zero-order valence-corrected chi connectivity index (χ0v) is 12.6. The Morgan fingerprint density at radius 3 is 2.14 bits per heavy atom. The zero-order chi connectivity index (χ0) is 15.1. The lowest BCUT2D eigenvalue weighted by Gasteiger charge is -2.15. The van der Waals surface area contributed by atoms with Gasteiger partial charge in [0.15, 0.2) is 0 Å². The van der Waals surface area contributed by atoms with Crippen LogP contribution in [0.25, 0.3) is 0 Å². The molecule has 0 heterocycles. The molecule has 0 spiro atoms. The number of nitrogens with one attached hydrogen (secondary N) is 1. The third kappa shape index (κ3) is 4.42. The highest BCUT2D eigenvalue weighted by Crippen LogP contribution is 2.11. The summed E-state index contributed by atoms with van der Waals surface area (Å²) in [5, 5.41) is 12.5. The molecule has 0 aromatic heterocycles. The molecule has 0 radical (unpaired) electrons. The van der Waals surface area contributed by atoms with Crippen molar-refractivity contribution in [2.24, 2.45) is 0 Å². The van der Waals surface area contributed by atoms with E-state index < -0.39 is 0 Å². The van der Waals surface area contributed by atoms with Crippen molar-refractivity contribution in [1.82, 2.24) is 10.2 Å². The summed E-state index contributed by atoms with van der Waals surface area (Å²) in [4.78, 5) is 2.17. The fourth-order valence-electron chi connectivity index (χ4n) is 2.34. The minimum atomic E-state index is 0.708. The molecule has 0 saturated carbocycles. The molecule has 1 N–H and O–H groups in total. The Balaban J connectivity index is 1.99. The highest BCUT2D eigenvalue weighted by atomic mass is 15.0. The van der Waals surface area contributed by atoms with Crippen molar-refractivity contribution < 1.29 is 0 Å². The molecule has 0 aliphatic carbocycles. The third-order valence-corrected chi connectivity index (χ3v) is 3.37. The highest BCUT2D eigenvalue weighted by Gasteiger charge is 2.04. The van der Waals surface area contributed by atoms with Crippen molar-refractivity contribution in [1.29, 1.82) is 5.26 Å². The van der Waals surface area contributed by atoms with Crippen LogP contribution in [0.4, 0.5) is 0 Å². The van der Waals surface area contributed by atoms with E-state index in [9.17, 15) is 0 Å². The summed E-state index contributed by atoms with van der Waals surface area (Å²) in [5.74, 6) is 0. The van der Waals surface area contributed by atoms with Crippen molar-refractivity contribution in [3.8, 4) is 6.07 Å². The van der Waals surface area contributed by atoms with Gasteiger partial charge >= 0.3 is 0 Å². The topological polar surface area (TPSA) is 39.1 Å². The minimum Gasteiger partial charge on any atom is -0.309 e. The van der Waals surface area contributed by atoms with Crippen molar-refractivity contribution in [3.05, 3.63) is 70.8 Å². The van der Waals surface area contributed by atoms with Gasteiger partial charge in [-0.15, -0.1) is 0 Å². The lowest BCUT2D eigenvalue weighted by Crippen LogP contribution is -2.17. The summed E-state index contributed by atoms with van der Waals surface area (Å²) >= 11 is 0. The predicted molar refractivity (Wildman–Crippen MR) is 85.5 cm³/mol. The first-order valence-electron chi connectivity index (χ1n) is 7.11. The van der Waals surface area contributed by atoms with Gasteiger partial charge in [-0.1, -0.05) is 42.5 Å². The van der Waals surface area contributed by atoms with Crippen LogP contribution in [0.1, 0.15) is 22.3 Å². The zero-order valence-electron chi connectivity index (χ0n) is 12.6. The molecule has 3 heteroatoms. The van der Waals surface area contributed by atoms with Crippen molar-refractivity contribution in [2.75, 3.05) is 14.1 Å². The SMILES string of the molecule is CN(C)Cc1ccccc1CNCc1ccccc1C#N. The summed E-state index contributed by atoms with van der Waals surface area (Å²) in [5.41, 5.74) is 4.43. The maximum absolute atomic E-state index is 9.09. The van der Waals surface area contributed by atoms with E-state index in [0.717, 1.165) is 24.2 Å². The normalized spacial score (nSPS) is 10.6. The molecule has 0 fully saturated rings. The van der Waals surface area contributed by atoms with Gasteiger partial charge in [-0.2, -0.15) is 5.26 Å². The Bertz CT molecular complexity index is 626. The van der Waals surface area contributed by atoms with E-state index in [1.54, 1.807) is 0 Å². The van der Waals surface area contributed by atoms with E-state index in [2.05, 4.69) is 54.6 Å². The Labute approximate surface area is 126 Å². The quantitative estimate of drug-likeness (QED) is 0.883. The molecule has 0 aliphatic heterocycles. The maximum atomic E-state index is 9.09. The number of nitriles is 1. The first-order valence-corrected chi connectivity index (χ1v) is 7.11. The Morgan fingerprint density at radius 1 is 0.905 bits per heavy atom. The van der Waals surface area contributed by atoms with Crippen molar-refractivity contribution in [2.45, 2.75) is 19.6 Å². The van der Waals surface area contributed by atoms with E-state index >= 15 is 0 Å². The second-order valence-electron chi connectivity index (χ2n) is 5.38. The van der Waals surface area contributed by atoms with E-state index in [0.29, 0.717) is 6.54 Å². The predicted octanol–water partition coefficient (Wildman–Crippen LogP) is 2.91. The molecule has 0 amide bonds. The van der Waals surface area contributed by atoms with Crippen LogP contribution in [0, 0.1) is 11.3 Å². The summed E-state index contributed by atoms with van der Waals surface area (Å²) in [6.07, 6.45) is 0. The summed E-state index contributed by atoms with van der Waals surface area (Å²) < 4.78 is 0. The van der Waals surface area contributed by atoms with E-state index in [-0.39, 0.29) is 0 Å². The molecule has 0 atom stereocenters. The standard InChI is InChI=1S/C18H21N3/c1-21(2)14-18-10-6-5-9-17(18)13-20-12-16-8-4-3-7-15(16)11-19/h3-10,20H,12-14H2,1-2H3. The maximum Gasteiger partial charge on any atom is 0.0995 e. The Kier molecular flexibility index (Phi) is 5.51. The van der Waals surface area contributed by atoms with Gasteiger partial charge in [-0.3, -0.25) is 0 Å². The number of nitrogens with zero attached hydrogens (tertiary/aromatic N) is 2. The fourth-order valence-corrected chi connectivity index (χ4v) is 2.34. The average molecular weight is 279 g/mol. The van der Waals surface area contributed by atoms with Crippen LogP contribution in [-0.2, 0) is 19.6 Å². The lowest BCUT2D eigenvalue weighted by molar-refractivity contribution is 0.400. The van der Waals surface area contributed by atoms with E-state index in [1.165, 1.54) is 11.1 Å². The van der Waals surface area contributed by atoms with Gasteiger partial charge in [0.1, 0.15) is 0 Å². The van der Waals surface area contributed by atoms with Crippen LogP contribution in [0.3, 0.4) is 0 Å².